The first-order valence-corrected chi connectivity index (χ1v) is 17.2. The molecular weight excluding hydrogens is 611 g/mol. The van der Waals surface area contributed by atoms with E-state index in [0.29, 0.717) is 11.6 Å². The number of rotatable bonds is 4. The summed E-state index contributed by atoms with van der Waals surface area (Å²) >= 11 is 1.78. The monoisotopic (exact) mass is 645 g/mol. The van der Waals surface area contributed by atoms with Gasteiger partial charge >= 0.3 is 0 Å². The summed E-state index contributed by atoms with van der Waals surface area (Å²) in [6.45, 7) is 13.3. The quantitative estimate of drug-likeness (QED) is 0.191. The van der Waals surface area contributed by atoms with Crippen LogP contribution < -0.4 is 4.74 Å². The van der Waals surface area contributed by atoms with E-state index >= 15 is 0 Å². The SMILES string of the molecule is CC(C)(C)c1cc(Oc2nc(-n3c4ccccc4c4ccccc43)ccc2C(C)(C)C)cc(-c2cc3sc4cccc5oc(n2)c3c54)c1. The van der Waals surface area contributed by atoms with E-state index in [2.05, 4.69) is 137 Å². The van der Waals surface area contributed by atoms with Crippen molar-refractivity contribution in [2.45, 2.75) is 52.4 Å². The summed E-state index contributed by atoms with van der Waals surface area (Å²) in [4.78, 5) is 10.3. The predicted molar refractivity (Wildman–Crippen MR) is 200 cm³/mol. The molecule has 5 aromatic heterocycles. The van der Waals surface area contributed by atoms with Crippen LogP contribution in [0.2, 0.25) is 0 Å². The third-order valence-corrected chi connectivity index (χ3v) is 10.5. The number of hydrogen-bond donors (Lipinski definition) is 0. The first-order valence-electron chi connectivity index (χ1n) is 16.4. The minimum Gasteiger partial charge on any atom is -0.439 e. The third-order valence-electron chi connectivity index (χ3n) is 9.36. The third kappa shape index (κ3) is 4.50. The van der Waals surface area contributed by atoms with E-state index < -0.39 is 0 Å². The fourth-order valence-corrected chi connectivity index (χ4v) is 8.06. The summed E-state index contributed by atoms with van der Waals surface area (Å²) in [5.41, 5.74) is 7.51. The van der Waals surface area contributed by atoms with Crippen LogP contribution in [0.15, 0.2) is 108 Å². The Morgan fingerprint density at radius 1 is 0.667 bits per heavy atom. The molecule has 0 N–H and O–H groups in total. The van der Waals surface area contributed by atoms with Gasteiger partial charge in [-0.1, -0.05) is 84.0 Å². The van der Waals surface area contributed by atoms with Gasteiger partial charge in [-0.05, 0) is 77.1 Å². The molecule has 6 heteroatoms. The molecule has 0 saturated carbocycles. The van der Waals surface area contributed by atoms with E-state index in [1.165, 1.54) is 25.6 Å². The second kappa shape index (κ2) is 10.1. The zero-order valence-electron chi connectivity index (χ0n) is 27.9. The Morgan fingerprint density at radius 3 is 2.10 bits per heavy atom. The number of aromatic nitrogens is 3. The van der Waals surface area contributed by atoms with Gasteiger partial charge in [0.15, 0.2) is 0 Å². The Bertz CT molecular complexity index is 2570. The number of fused-ring (bicyclic) bond motifs is 3. The van der Waals surface area contributed by atoms with Crippen LogP contribution in [0.1, 0.15) is 52.7 Å². The number of benzene rings is 4. The Balaban J connectivity index is 1.22. The van der Waals surface area contributed by atoms with Gasteiger partial charge in [0.25, 0.3) is 0 Å². The highest BCUT2D eigenvalue weighted by Gasteiger charge is 2.25. The molecule has 48 heavy (non-hydrogen) atoms. The van der Waals surface area contributed by atoms with E-state index in [0.717, 1.165) is 56.0 Å². The summed E-state index contributed by atoms with van der Waals surface area (Å²) in [5, 5.41) is 4.68. The number of para-hydroxylation sites is 2. The van der Waals surface area contributed by atoms with E-state index in [4.69, 9.17) is 19.1 Å². The number of thiophene rings is 1. The average Bonchev–Trinajstić information content (AvgIpc) is 3.73. The van der Waals surface area contributed by atoms with Gasteiger partial charge in [-0.2, -0.15) is 4.98 Å². The molecular formula is C42H35N3O2S. The molecule has 236 valence electrons. The van der Waals surface area contributed by atoms with Crippen LogP contribution in [-0.4, -0.2) is 14.5 Å². The molecule has 0 unspecified atom stereocenters. The lowest BCUT2D eigenvalue weighted by Gasteiger charge is -2.24. The lowest BCUT2D eigenvalue weighted by atomic mass is 9.85. The van der Waals surface area contributed by atoms with Gasteiger partial charge in [0, 0.05) is 36.7 Å². The fourth-order valence-electron chi connectivity index (χ4n) is 6.91. The Hall–Kier alpha value is -5.20. The van der Waals surface area contributed by atoms with Gasteiger partial charge in [-0.3, -0.25) is 4.57 Å². The van der Waals surface area contributed by atoms with Crippen LogP contribution in [0.5, 0.6) is 11.6 Å². The molecule has 0 saturated heterocycles. The first kappa shape index (κ1) is 29.0. The van der Waals surface area contributed by atoms with Crippen LogP contribution in [0.4, 0.5) is 0 Å². The molecule has 0 radical (unpaired) electrons. The topological polar surface area (TPSA) is 53.1 Å². The highest BCUT2D eigenvalue weighted by atomic mass is 32.1. The van der Waals surface area contributed by atoms with Crippen LogP contribution in [0.3, 0.4) is 0 Å². The molecule has 0 aliphatic heterocycles. The van der Waals surface area contributed by atoms with Crippen molar-refractivity contribution in [1.29, 1.82) is 0 Å². The minimum absolute atomic E-state index is 0.124. The van der Waals surface area contributed by atoms with Crippen molar-refractivity contribution in [1.82, 2.24) is 14.5 Å². The normalized spacial score (nSPS) is 12.8. The van der Waals surface area contributed by atoms with Crippen molar-refractivity contribution in [3.63, 3.8) is 0 Å². The molecule has 5 heterocycles. The van der Waals surface area contributed by atoms with Crippen molar-refractivity contribution >= 4 is 64.6 Å². The minimum atomic E-state index is -0.195. The van der Waals surface area contributed by atoms with Gasteiger partial charge in [0.2, 0.25) is 11.6 Å². The maximum absolute atomic E-state index is 6.90. The molecule has 4 aromatic carbocycles. The summed E-state index contributed by atoms with van der Waals surface area (Å²) in [6.07, 6.45) is 0. The number of furan rings is 1. The summed E-state index contributed by atoms with van der Waals surface area (Å²) in [5.74, 6) is 2.14. The van der Waals surface area contributed by atoms with E-state index in [1.807, 2.05) is 12.1 Å². The number of ether oxygens (including phenoxy) is 1. The molecule has 9 rings (SSSR count). The van der Waals surface area contributed by atoms with Crippen molar-refractivity contribution < 1.29 is 9.15 Å². The first-order chi connectivity index (χ1) is 23.0. The van der Waals surface area contributed by atoms with E-state index in [1.54, 1.807) is 11.3 Å². The molecule has 0 aliphatic carbocycles. The standard InChI is InChI=1S/C42H35N3O2S/c1-41(2,3)25-20-24(30-23-35-38-37-33(47-40(38)43-30)16-11-17-34(37)48-35)21-26(22-25)46-39-29(42(4,5)6)18-19-36(44-39)45-31-14-9-7-12-27(31)28-13-8-10-15-32(28)45/h7-23H,1-6H3. The van der Waals surface area contributed by atoms with Crippen molar-refractivity contribution in [2.24, 2.45) is 0 Å². The van der Waals surface area contributed by atoms with Gasteiger partial charge in [0.05, 0.1) is 22.1 Å². The number of nitrogens with zero attached hydrogens (tertiary/aromatic N) is 3. The van der Waals surface area contributed by atoms with Crippen LogP contribution in [-0.2, 0) is 10.8 Å². The van der Waals surface area contributed by atoms with Crippen molar-refractivity contribution in [2.75, 3.05) is 0 Å². The molecule has 0 amide bonds. The van der Waals surface area contributed by atoms with Gasteiger partial charge < -0.3 is 9.15 Å². The van der Waals surface area contributed by atoms with Crippen LogP contribution in [0, 0.1) is 0 Å². The number of pyridine rings is 2. The van der Waals surface area contributed by atoms with Gasteiger partial charge in [0.1, 0.15) is 17.2 Å². The highest BCUT2D eigenvalue weighted by molar-refractivity contribution is 7.26. The van der Waals surface area contributed by atoms with E-state index in [-0.39, 0.29) is 10.8 Å². The molecule has 9 aromatic rings. The summed E-state index contributed by atoms with van der Waals surface area (Å²) < 4.78 is 17.8. The second-order valence-electron chi connectivity index (χ2n) is 14.8. The lowest BCUT2D eigenvalue weighted by Crippen LogP contribution is -2.15. The van der Waals surface area contributed by atoms with Crippen molar-refractivity contribution in [3.8, 4) is 28.7 Å². The Labute approximate surface area is 282 Å². The molecule has 5 nitrogen and oxygen atoms in total. The maximum atomic E-state index is 6.90. The van der Waals surface area contributed by atoms with Gasteiger partial charge in [-0.25, -0.2) is 4.98 Å². The summed E-state index contributed by atoms with van der Waals surface area (Å²) in [6, 6.07) is 36.2. The molecule has 0 bridgehead atoms. The van der Waals surface area contributed by atoms with Gasteiger partial charge in [-0.15, -0.1) is 11.3 Å². The Morgan fingerprint density at radius 2 is 1.40 bits per heavy atom. The molecule has 0 fully saturated rings. The fraction of sp³-hybridized carbons (Fsp3) is 0.190. The number of hydrogen-bond acceptors (Lipinski definition) is 5. The average molecular weight is 646 g/mol. The lowest BCUT2D eigenvalue weighted by molar-refractivity contribution is 0.434. The zero-order valence-corrected chi connectivity index (χ0v) is 28.7. The molecule has 0 atom stereocenters. The van der Waals surface area contributed by atoms with E-state index in [9.17, 15) is 0 Å². The Kier molecular flexibility index (Phi) is 6.13. The second-order valence-corrected chi connectivity index (χ2v) is 15.8. The van der Waals surface area contributed by atoms with Crippen LogP contribution in [0.25, 0.3) is 70.3 Å². The highest BCUT2D eigenvalue weighted by Crippen LogP contribution is 2.44. The zero-order chi connectivity index (χ0) is 32.9. The largest absolute Gasteiger partial charge is 0.439 e. The van der Waals surface area contributed by atoms with Crippen molar-refractivity contribution in [3.05, 3.63) is 114 Å². The van der Waals surface area contributed by atoms with Crippen LogP contribution >= 0.6 is 11.3 Å². The smallest absolute Gasteiger partial charge is 0.229 e. The molecule has 0 aliphatic rings. The predicted octanol–water partition coefficient (Wildman–Crippen LogP) is 12.2. The molecule has 0 spiro atoms. The summed E-state index contributed by atoms with van der Waals surface area (Å²) in [7, 11) is 0. The maximum Gasteiger partial charge on any atom is 0.229 e.